The van der Waals surface area contributed by atoms with E-state index in [1.807, 2.05) is 72.4 Å². The van der Waals surface area contributed by atoms with Crippen molar-refractivity contribution in [2.24, 2.45) is 0 Å². The molecule has 2 heterocycles. The molecule has 0 saturated heterocycles. The summed E-state index contributed by atoms with van der Waals surface area (Å²) in [5, 5.41) is 7.52. The van der Waals surface area contributed by atoms with Crippen molar-refractivity contribution in [3.63, 3.8) is 0 Å². The predicted molar refractivity (Wildman–Crippen MR) is 97.9 cm³/mol. The summed E-state index contributed by atoms with van der Waals surface area (Å²) < 4.78 is 1.83. The van der Waals surface area contributed by atoms with Gasteiger partial charge in [-0.05, 0) is 30.2 Å². The smallest absolute Gasteiger partial charge is 0.227 e. The highest BCUT2D eigenvalue weighted by atomic mass is 16.1. The van der Waals surface area contributed by atoms with Gasteiger partial charge < -0.3 is 5.32 Å². The lowest BCUT2D eigenvalue weighted by Gasteiger charge is -2.15. The third-order valence-electron chi connectivity index (χ3n) is 4.13. The van der Waals surface area contributed by atoms with Crippen LogP contribution in [0, 0.1) is 0 Å². The lowest BCUT2D eigenvalue weighted by Crippen LogP contribution is -2.31. The largest absolute Gasteiger partial charge is 0.354 e. The molecule has 0 spiro atoms. The highest BCUT2D eigenvalue weighted by molar-refractivity contribution is 5.83. The van der Waals surface area contributed by atoms with Crippen LogP contribution in [0.25, 0.3) is 11.4 Å². The van der Waals surface area contributed by atoms with Crippen molar-refractivity contribution >= 4 is 5.91 Å². The first-order valence-electron chi connectivity index (χ1n) is 8.55. The Morgan fingerprint density at radius 1 is 1.08 bits per heavy atom. The fraction of sp³-hybridized carbons (Fsp3) is 0.250. The molecular formula is C20H22N4O. The van der Waals surface area contributed by atoms with E-state index in [0.29, 0.717) is 13.1 Å². The van der Waals surface area contributed by atoms with Crippen LogP contribution in [0.5, 0.6) is 0 Å². The van der Waals surface area contributed by atoms with Gasteiger partial charge in [0.15, 0.2) is 0 Å². The summed E-state index contributed by atoms with van der Waals surface area (Å²) in [7, 11) is 0. The number of benzene rings is 1. The van der Waals surface area contributed by atoms with E-state index in [1.165, 1.54) is 0 Å². The molecule has 1 aromatic carbocycles. The van der Waals surface area contributed by atoms with E-state index in [0.717, 1.165) is 23.4 Å². The molecule has 25 heavy (non-hydrogen) atoms. The molecule has 5 nitrogen and oxygen atoms in total. The number of carbonyl (C=O) groups is 1. The van der Waals surface area contributed by atoms with Crippen LogP contribution in [0.3, 0.4) is 0 Å². The Morgan fingerprint density at radius 3 is 2.60 bits per heavy atom. The zero-order chi connectivity index (χ0) is 17.5. The molecular weight excluding hydrogens is 312 g/mol. The van der Waals surface area contributed by atoms with E-state index in [1.54, 1.807) is 6.20 Å². The summed E-state index contributed by atoms with van der Waals surface area (Å²) in [5.41, 5.74) is 2.74. The van der Waals surface area contributed by atoms with Gasteiger partial charge in [-0.1, -0.05) is 43.3 Å². The maximum atomic E-state index is 12.4. The first-order chi connectivity index (χ1) is 12.3. The van der Waals surface area contributed by atoms with E-state index >= 15 is 0 Å². The van der Waals surface area contributed by atoms with Gasteiger partial charge in [0.25, 0.3) is 0 Å². The molecule has 0 aliphatic carbocycles. The van der Waals surface area contributed by atoms with Gasteiger partial charge in [-0.25, -0.2) is 0 Å². The Kier molecular flexibility index (Phi) is 5.57. The summed E-state index contributed by atoms with van der Waals surface area (Å²) in [4.78, 5) is 16.7. The average molecular weight is 334 g/mol. The van der Waals surface area contributed by atoms with Crippen molar-refractivity contribution in [1.82, 2.24) is 20.1 Å². The molecule has 3 aromatic rings. The van der Waals surface area contributed by atoms with Crippen molar-refractivity contribution in [1.29, 1.82) is 0 Å². The Labute approximate surface area is 147 Å². The van der Waals surface area contributed by atoms with Crippen LogP contribution in [-0.4, -0.2) is 27.2 Å². The second-order valence-corrected chi connectivity index (χ2v) is 5.84. The van der Waals surface area contributed by atoms with Gasteiger partial charge in [-0.2, -0.15) is 5.10 Å². The number of amides is 1. The van der Waals surface area contributed by atoms with E-state index < -0.39 is 0 Å². The molecule has 0 saturated carbocycles. The second-order valence-electron chi connectivity index (χ2n) is 5.84. The third kappa shape index (κ3) is 4.32. The van der Waals surface area contributed by atoms with Crippen LogP contribution in [0.4, 0.5) is 0 Å². The molecule has 0 aliphatic heterocycles. The fourth-order valence-corrected chi connectivity index (χ4v) is 2.81. The number of hydrogen-bond donors (Lipinski definition) is 1. The monoisotopic (exact) mass is 334 g/mol. The second kappa shape index (κ2) is 8.24. The summed E-state index contributed by atoms with van der Waals surface area (Å²) in [6.07, 6.45) is 4.44. The van der Waals surface area contributed by atoms with Gasteiger partial charge in [0.2, 0.25) is 5.91 Å². The molecule has 5 heteroatoms. The Morgan fingerprint density at radius 2 is 1.88 bits per heavy atom. The number of rotatable bonds is 7. The summed E-state index contributed by atoms with van der Waals surface area (Å²) in [6.45, 7) is 3.21. The first kappa shape index (κ1) is 16.9. The van der Waals surface area contributed by atoms with Crippen LogP contribution in [-0.2, 0) is 11.3 Å². The minimum atomic E-state index is -0.108. The first-order valence-corrected chi connectivity index (χ1v) is 8.55. The van der Waals surface area contributed by atoms with Gasteiger partial charge in [0.1, 0.15) is 5.69 Å². The average Bonchev–Trinajstić information content (AvgIpc) is 3.13. The van der Waals surface area contributed by atoms with Crippen LogP contribution in [0.1, 0.15) is 24.8 Å². The van der Waals surface area contributed by atoms with Crippen molar-refractivity contribution in [3.8, 4) is 11.4 Å². The zero-order valence-corrected chi connectivity index (χ0v) is 14.3. The SMILES string of the molecule is CCC(C(=O)NCCn1ccc(-c2ccccn2)n1)c1ccccc1. The number of nitrogens with one attached hydrogen (secondary N) is 1. The summed E-state index contributed by atoms with van der Waals surface area (Å²) in [6, 6.07) is 17.6. The van der Waals surface area contributed by atoms with Crippen molar-refractivity contribution in [2.75, 3.05) is 6.54 Å². The molecule has 1 amide bonds. The minimum absolute atomic E-state index is 0.0609. The highest BCUT2D eigenvalue weighted by Gasteiger charge is 2.17. The van der Waals surface area contributed by atoms with Gasteiger partial charge in [-0.3, -0.25) is 14.5 Å². The van der Waals surface area contributed by atoms with Crippen LogP contribution in [0.2, 0.25) is 0 Å². The van der Waals surface area contributed by atoms with Crippen LogP contribution < -0.4 is 5.32 Å². The Bertz CT molecular complexity index is 799. The molecule has 3 rings (SSSR count). The van der Waals surface area contributed by atoms with Gasteiger partial charge in [0, 0.05) is 18.9 Å². The highest BCUT2D eigenvalue weighted by Crippen LogP contribution is 2.19. The quantitative estimate of drug-likeness (QED) is 0.721. The van der Waals surface area contributed by atoms with Gasteiger partial charge in [-0.15, -0.1) is 0 Å². The minimum Gasteiger partial charge on any atom is -0.354 e. The van der Waals surface area contributed by atoms with Crippen molar-refractivity contribution in [3.05, 3.63) is 72.6 Å². The standard InChI is InChI=1S/C20H22N4O/c1-2-17(16-8-4-3-5-9-16)20(25)22-13-15-24-14-11-19(23-24)18-10-6-7-12-21-18/h3-12,14,17H,2,13,15H2,1H3,(H,22,25). The number of aromatic nitrogens is 3. The maximum Gasteiger partial charge on any atom is 0.227 e. The van der Waals surface area contributed by atoms with E-state index in [9.17, 15) is 4.79 Å². The molecule has 1 N–H and O–H groups in total. The molecule has 0 fully saturated rings. The summed E-state index contributed by atoms with van der Waals surface area (Å²) >= 11 is 0. The number of carbonyl (C=O) groups excluding carboxylic acids is 1. The number of hydrogen-bond acceptors (Lipinski definition) is 3. The van der Waals surface area contributed by atoms with E-state index in [-0.39, 0.29) is 11.8 Å². The fourth-order valence-electron chi connectivity index (χ4n) is 2.81. The Balaban J connectivity index is 1.54. The van der Waals surface area contributed by atoms with Crippen molar-refractivity contribution < 1.29 is 4.79 Å². The molecule has 0 radical (unpaired) electrons. The lowest BCUT2D eigenvalue weighted by molar-refractivity contribution is -0.122. The molecule has 2 aromatic heterocycles. The van der Waals surface area contributed by atoms with E-state index in [2.05, 4.69) is 15.4 Å². The number of nitrogens with zero attached hydrogens (tertiary/aromatic N) is 3. The van der Waals surface area contributed by atoms with E-state index in [4.69, 9.17) is 0 Å². The molecule has 1 unspecified atom stereocenters. The lowest BCUT2D eigenvalue weighted by atomic mass is 9.96. The van der Waals surface area contributed by atoms with Gasteiger partial charge in [0.05, 0.1) is 18.2 Å². The molecule has 0 bridgehead atoms. The molecule has 0 aliphatic rings. The third-order valence-corrected chi connectivity index (χ3v) is 4.13. The molecule has 1 atom stereocenters. The molecule has 128 valence electrons. The summed E-state index contributed by atoms with van der Waals surface area (Å²) in [5.74, 6) is -0.0475. The zero-order valence-electron chi connectivity index (χ0n) is 14.3. The van der Waals surface area contributed by atoms with Gasteiger partial charge >= 0.3 is 0 Å². The topological polar surface area (TPSA) is 59.8 Å². The predicted octanol–water partition coefficient (Wildman–Crippen LogP) is 3.26. The van der Waals surface area contributed by atoms with Crippen molar-refractivity contribution in [2.45, 2.75) is 25.8 Å². The Hall–Kier alpha value is -2.95. The van der Waals surface area contributed by atoms with Crippen LogP contribution >= 0.6 is 0 Å². The maximum absolute atomic E-state index is 12.4. The normalized spacial score (nSPS) is 11.9. The number of pyridine rings is 1. The van der Waals surface area contributed by atoms with Crippen LogP contribution in [0.15, 0.2) is 67.0 Å².